The summed E-state index contributed by atoms with van der Waals surface area (Å²) < 4.78 is 0. The van der Waals surface area contributed by atoms with Crippen LogP contribution in [0, 0.1) is 12.8 Å². The zero-order chi connectivity index (χ0) is 12.7. The first kappa shape index (κ1) is 11.7. The lowest BCUT2D eigenvalue weighted by Crippen LogP contribution is -2.08. The Morgan fingerprint density at radius 2 is 2.28 bits per heavy atom. The smallest absolute Gasteiger partial charge is 0.225 e. The predicted molar refractivity (Wildman–Crippen MR) is 77.5 cm³/mol. The molecule has 2 atom stereocenters. The third-order valence-corrected chi connectivity index (χ3v) is 4.45. The SMILES string of the molecule is CCC1CC1Nc1nc(NC)nc2sc(C)cc12. The first-order valence-electron chi connectivity index (χ1n) is 6.43. The Labute approximate surface area is 111 Å². The van der Waals surface area contributed by atoms with E-state index in [0.717, 1.165) is 22.0 Å². The van der Waals surface area contributed by atoms with Crippen LogP contribution in [0.4, 0.5) is 11.8 Å². The van der Waals surface area contributed by atoms with E-state index in [2.05, 4.69) is 40.5 Å². The van der Waals surface area contributed by atoms with E-state index in [-0.39, 0.29) is 0 Å². The minimum atomic E-state index is 0.595. The number of thiophene rings is 1. The maximum Gasteiger partial charge on any atom is 0.225 e. The van der Waals surface area contributed by atoms with Crippen LogP contribution in [0.25, 0.3) is 10.2 Å². The molecule has 0 aliphatic heterocycles. The zero-order valence-electron chi connectivity index (χ0n) is 10.9. The molecule has 2 aromatic heterocycles. The Bertz CT molecular complexity index is 578. The van der Waals surface area contributed by atoms with E-state index < -0.39 is 0 Å². The topological polar surface area (TPSA) is 49.8 Å². The number of nitrogens with one attached hydrogen (secondary N) is 2. The van der Waals surface area contributed by atoms with Gasteiger partial charge in [-0.2, -0.15) is 4.98 Å². The monoisotopic (exact) mass is 262 g/mol. The summed E-state index contributed by atoms with van der Waals surface area (Å²) in [6, 6.07) is 2.77. The molecule has 2 heterocycles. The molecule has 0 saturated heterocycles. The fourth-order valence-corrected chi connectivity index (χ4v) is 3.19. The highest BCUT2D eigenvalue weighted by Gasteiger charge is 2.35. The molecule has 96 valence electrons. The number of anilines is 2. The summed E-state index contributed by atoms with van der Waals surface area (Å²) in [6.07, 6.45) is 2.51. The molecule has 2 aromatic rings. The van der Waals surface area contributed by atoms with E-state index in [1.807, 2.05) is 7.05 Å². The highest BCUT2D eigenvalue weighted by Crippen LogP contribution is 2.38. The van der Waals surface area contributed by atoms with E-state index >= 15 is 0 Å². The van der Waals surface area contributed by atoms with Gasteiger partial charge in [-0.25, -0.2) is 4.98 Å². The van der Waals surface area contributed by atoms with Crippen molar-refractivity contribution in [2.24, 2.45) is 5.92 Å². The van der Waals surface area contributed by atoms with E-state index in [1.54, 1.807) is 11.3 Å². The Balaban J connectivity index is 1.97. The second kappa shape index (κ2) is 4.39. The average molecular weight is 262 g/mol. The largest absolute Gasteiger partial charge is 0.366 e. The van der Waals surface area contributed by atoms with Crippen LogP contribution in [0.15, 0.2) is 6.07 Å². The van der Waals surface area contributed by atoms with Gasteiger partial charge in [-0.15, -0.1) is 11.3 Å². The Morgan fingerprint density at radius 3 is 2.94 bits per heavy atom. The summed E-state index contributed by atoms with van der Waals surface area (Å²) in [5.41, 5.74) is 0. The van der Waals surface area contributed by atoms with Gasteiger partial charge in [0.25, 0.3) is 0 Å². The van der Waals surface area contributed by atoms with Crippen LogP contribution in [0.5, 0.6) is 0 Å². The summed E-state index contributed by atoms with van der Waals surface area (Å²) >= 11 is 1.72. The number of rotatable bonds is 4. The molecule has 1 aliphatic carbocycles. The highest BCUT2D eigenvalue weighted by molar-refractivity contribution is 7.18. The lowest BCUT2D eigenvalue weighted by molar-refractivity contribution is 0.774. The second-order valence-electron chi connectivity index (χ2n) is 4.88. The van der Waals surface area contributed by atoms with Crippen LogP contribution in [-0.2, 0) is 0 Å². The lowest BCUT2D eigenvalue weighted by Gasteiger charge is -2.07. The molecule has 5 heteroatoms. The van der Waals surface area contributed by atoms with Crippen LogP contribution in [0.2, 0.25) is 0 Å². The lowest BCUT2D eigenvalue weighted by atomic mass is 10.3. The summed E-state index contributed by atoms with van der Waals surface area (Å²) in [4.78, 5) is 11.4. The Morgan fingerprint density at radius 1 is 1.44 bits per heavy atom. The molecular formula is C13H18N4S. The van der Waals surface area contributed by atoms with Crippen LogP contribution in [0.3, 0.4) is 0 Å². The molecule has 0 bridgehead atoms. The van der Waals surface area contributed by atoms with Crippen molar-refractivity contribution in [3.8, 4) is 0 Å². The van der Waals surface area contributed by atoms with Gasteiger partial charge in [0, 0.05) is 18.0 Å². The van der Waals surface area contributed by atoms with Crippen molar-refractivity contribution in [2.75, 3.05) is 17.7 Å². The molecule has 3 rings (SSSR count). The molecule has 0 aromatic carbocycles. The van der Waals surface area contributed by atoms with E-state index in [0.29, 0.717) is 12.0 Å². The third-order valence-electron chi connectivity index (χ3n) is 3.51. The summed E-state index contributed by atoms with van der Waals surface area (Å²) in [5, 5.41) is 7.75. The van der Waals surface area contributed by atoms with Gasteiger partial charge in [0.1, 0.15) is 10.6 Å². The first-order valence-corrected chi connectivity index (χ1v) is 7.25. The van der Waals surface area contributed by atoms with Gasteiger partial charge in [0.15, 0.2) is 0 Å². The number of nitrogens with zero attached hydrogens (tertiary/aromatic N) is 2. The van der Waals surface area contributed by atoms with Gasteiger partial charge in [-0.3, -0.25) is 0 Å². The molecule has 18 heavy (non-hydrogen) atoms. The number of hydrogen-bond donors (Lipinski definition) is 2. The van der Waals surface area contributed by atoms with Crippen molar-refractivity contribution < 1.29 is 0 Å². The molecule has 1 aliphatic rings. The summed E-state index contributed by atoms with van der Waals surface area (Å²) in [5.74, 6) is 2.49. The van der Waals surface area contributed by atoms with Crippen molar-refractivity contribution in [1.82, 2.24) is 9.97 Å². The molecule has 2 unspecified atom stereocenters. The quantitative estimate of drug-likeness (QED) is 0.888. The number of fused-ring (bicyclic) bond motifs is 1. The van der Waals surface area contributed by atoms with E-state index in [4.69, 9.17) is 0 Å². The van der Waals surface area contributed by atoms with Crippen molar-refractivity contribution >= 4 is 33.3 Å². The van der Waals surface area contributed by atoms with Crippen molar-refractivity contribution in [3.63, 3.8) is 0 Å². The molecular weight excluding hydrogens is 244 g/mol. The van der Waals surface area contributed by atoms with Gasteiger partial charge < -0.3 is 10.6 Å². The fourth-order valence-electron chi connectivity index (χ4n) is 2.31. The molecule has 0 spiro atoms. The molecule has 2 N–H and O–H groups in total. The van der Waals surface area contributed by atoms with Gasteiger partial charge in [-0.1, -0.05) is 13.3 Å². The standard InChI is InChI=1S/C13H18N4S/c1-4-8-6-10(8)15-11-9-5-7(2)18-12(9)17-13(14-3)16-11/h5,8,10H,4,6H2,1-3H3,(H2,14,15,16,17). The maximum atomic E-state index is 4.55. The van der Waals surface area contributed by atoms with Crippen molar-refractivity contribution in [3.05, 3.63) is 10.9 Å². The molecule has 0 amide bonds. The van der Waals surface area contributed by atoms with Gasteiger partial charge in [0.2, 0.25) is 5.95 Å². The van der Waals surface area contributed by atoms with Crippen LogP contribution < -0.4 is 10.6 Å². The minimum absolute atomic E-state index is 0.595. The van der Waals surface area contributed by atoms with Crippen LogP contribution in [-0.4, -0.2) is 23.1 Å². The molecule has 0 radical (unpaired) electrons. The highest BCUT2D eigenvalue weighted by atomic mass is 32.1. The van der Waals surface area contributed by atoms with E-state index in [9.17, 15) is 0 Å². The van der Waals surface area contributed by atoms with Gasteiger partial charge in [0.05, 0.1) is 5.39 Å². The molecule has 1 saturated carbocycles. The van der Waals surface area contributed by atoms with Crippen LogP contribution >= 0.6 is 11.3 Å². The Kier molecular flexibility index (Phi) is 2.86. The van der Waals surface area contributed by atoms with Crippen molar-refractivity contribution in [1.29, 1.82) is 0 Å². The number of aromatic nitrogens is 2. The molecule has 1 fully saturated rings. The summed E-state index contributed by atoms with van der Waals surface area (Å²) in [6.45, 7) is 4.36. The predicted octanol–water partition coefficient (Wildman–Crippen LogP) is 3.25. The van der Waals surface area contributed by atoms with Gasteiger partial charge >= 0.3 is 0 Å². The Hall–Kier alpha value is -1.36. The van der Waals surface area contributed by atoms with E-state index in [1.165, 1.54) is 17.7 Å². The molecule has 4 nitrogen and oxygen atoms in total. The van der Waals surface area contributed by atoms with Gasteiger partial charge in [-0.05, 0) is 25.3 Å². The fraction of sp³-hybridized carbons (Fsp3) is 0.538. The number of aryl methyl sites for hydroxylation is 1. The number of hydrogen-bond acceptors (Lipinski definition) is 5. The third kappa shape index (κ3) is 2.03. The summed E-state index contributed by atoms with van der Waals surface area (Å²) in [7, 11) is 1.86. The second-order valence-corrected chi connectivity index (χ2v) is 6.11. The average Bonchev–Trinajstić information content (AvgIpc) is 3.00. The normalized spacial score (nSPS) is 22.2. The van der Waals surface area contributed by atoms with Crippen LogP contribution in [0.1, 0.15) is 24.6 Å². The zero-order valence-corrected chi connectivity index (χ0v) is 11.8. The maximum absolute atomic E-state index is 4.55. The van der Waals surface area contributed by atoms with Crippen molar-refractivity contribution in [2.45, 2.75) is 32.7 Å². The minimum Gasteiger partial charge on any atom is -0.366 e. The first-order chi connectivity index (χ1) is 8.71.